The van der Waals surface area contributed by atoms with Crippen LogP contribution in [-0.4, -0.2) is 22.2 Å². The number of nitrogens with zero attached hydrogens (tertiary/aromatic N) is 1. The first-order valence-corrected chi connectivity index (χ1v) is 2.99. The maximum absolute atomic E-state index is 12.6. The van der Waals surface area contributed by atoms with Crippen LogP contribution in [0, 0.1) is 0 Å². The second-order valence-corrected chi connectivity index (χ2v) is 2.05. The van der Waals surface area contributed by atoms with Gasteiger partial charge in [0.15, 0.2) is 0 Å². The SMILES string of the molecule is CCC[C@@](F)(C(=O)O)N(F)F. The number of halogens is 3. The smallest absolute Gasteiger partial charge is 0.362 e. The topological polar surface area (TPSA) is 40.5 Å². The molecular weight excluding hydrogens is 163 g/mol. The number of carboxylic acids is 1. The van der Waals surface area contributed by atoms with Gasteiger partial charge >= 0.3 is 11.8 Å². The zero-order valence-electron chi connectivity index (χ0n) is 5.85. The normalized spacial score (nSPS) is 16.5. The Hall–Kier alpha value is -0.780. The molecule has 6 heteroatoms. The Morgan fingerprint density at radius 2 is 2.09 bits per heavy atom. The summed E-state index contributed by atoms with van der Waals surface area (Å²) < 4.78 is 35.8. The molecule has 0 fully saturated rings. The molecule has 0 rings (SSSR count). The lowest BCUT2D eigenvalue weighted by atomic mass is 10.1. The molecule has 1 atom stereocenters. The molecule has 0 saturated heterocycles. The van der Waals surface area contributed by atoms with Crippen LogP contribution in [0.25, 0.3) is 0 Å². The van der Waals surface area contributed by atoms with Gasteiger partial charge < -0.3 is 5.11 Å². The van der Waals surface area contributed by atoms with Crippen molar-refractivity contribution >= 4 is 5.97 Å². The van der Waals surface area contributed by atoms with Gasteiger partial charge in [-0.3, -0.25) is 0 Å². The first kappa shape index (κ1) is 10.2. The minimum atomic E-state index is -3.53. The summed E-state index contributed by atoms with van der Waals surface area (Å²) in [5.41, 5.74) is 0. The van der Waals surface area contributed by atoms with Gasteiger partial charge in [0.25, 0.3) is 0 Å². The van der Waals surface area contributed by atoms with E-state index in [2.05, 4.69) is 0 Å². The monoisotopic (exact) mass is 171 g/mol. The van der Waals surface area contributed by atoms with E-state index in [1.807, 2.05) is 0 Å². The quantitative estimate of drug-likeness (QED) is 0.516. The van der Waals surface area contributed by atoms with Crippen molar-refractivity contribution in [2.45, 2.75) is 25.6 Å². The first-order valence-electron chi connectivity index (χ1n) is 2.99. The first-order chi connectivity index (χ1) is 4.95. The molecule has 0 aliphatic rings. The van der Waals surface area contributed by atoms with Crippen molar-refractivity contribution in [3.05, 3.63) is 0 Å². The fraction of sp³-hybridized carbons (Fsp3) is 0.800. The van der Waals surface area contributed by atoms with Gasteiger partial charge in [0.2, 0.25) is 0 Å². The van der Waals surface area contributed by atoms with Crippen LogP contribution in [0.2, 0.25) is 0 Å². The molecule has 66 valence electrons. The molecule has 0 bridgehead atoms. The third-order valence-electron chi connectivity index (χ3n) is 1.18. The van der Waals surface area contributed by atoms with Gasteiger partial charge in [0, 0.05) is 6.42 Å². The van der Waals surface area contributed by atoms with Crippen LogP contribution in [0.5, 0.6) is 0 Å². The second kappa shape index (κ2) is 3.56. The summed E-state index contributed by atoms with van der Waals surface area (Å²) in [5.74, 6) is -5.70. The molecule has 0 radical (unpaired) electrons. The molecule has 11 heavy (non-hydrogen) atoms. The third-order valence-corrected chi connectivity index (χ3v) is 1.18. The predicted octanol–water partition coefficient (Wildman–Crippen LogP) is 1.61. The number of carboxylic acid groups (broad SMARTS) is 1. The highest BCUT2D eigenvalue weighted by Gasteiger charge is 2.46. The lowest BCUT2D eigenvalue weighted by Crippen LogP contribution is -2.43. The highest BCUT2D eigenvalue weighted by atomic mass is 19.4. The minimum absolute atomic E-state index is 0.0349. The average Bonchev–Trinajstić information content (AvgIpc) is 1.87. The fourth-order valence-electron chi connectivity index (χ4n) is 0.595. The Kier molecular flexibility index (Phi) is 3.31. The van der Waals surface area contributed by atoms with Gasteiger partial charge in [-0.1, -0.05) is 22.3 Å². The van der Waals surface area contributed by atoms with E-state index >= 15 is 0 Å². The van der Waals surface area contributed by atoms with Crippen molar-refractivity contribution in [1.29, 1.82) is 0 Å². The standard InChI is InChI=1S/C5H8F3NO2/c1-2-3-5(6,4(10)11)9(7)8/h2-3H2,1H3,(H,10,11)/t5-/m0/s1. The molecule has 3 nitrogen and oxygen atoms in total. The van der Waals surface area contributed by atoms with E-state index in [4.69, 9.17) is 5.11 Å². The van der Waals surface area contributed by atoms with Crippen molar-refractivity contribution in [1.82, 2.24) is 5.34 Å². The molecule has 1 N–H and O–H groups in total. The van der Waals surface area contributed by atoms with E-state index in [1.165, 1.54) is 6.92 Å². The molecule has 0 saturated carbocycles. The van der Waals surface area contributed by atoms with E-state index < -0.39 is 23.5 Å². The van der Waals surface area contributed by atoms with E-state index in [9.17, 15) is 18.1 Å². The van der Waals surface area contributed by atoms with Crippen LogP contribution in [0.15, 0.2) is 0 Å². The average molecular weight is 171 g/mol. The maximum Gasteiger partial charge on any atom is 0.362 e. The number of alkyl halides is 1. The van der Waals surface area contributed by atoms with Gasteiger partial charge in [-0.15, -0.1) is 0 Å². The van der Waals surface area contributed by atoms with Crippen LogP contribution in [0.4, 0.5) is 13.4 Å². The third kappa shape index (κ3) is 2.07. The van der Waals surface area contributed by atoms with Crippen LogP contribution in [0.1, 0.15) is 19.8 Å². The maximum atomic E-state index is 12.6. The Labute approximate surface area is 61.3 Å². The summed E-state index contributed by atoms with van der Waals surface area (Å²) >= 11 is 0. The largest absolute Gasteiger partial charge is 0.478 e. The van der Waals surface area contributed by atoms with Crippen molar-refractivity contribution in [2.75, 3.05) is 0 Å². The zero-order valence-corrected chi connectivity index (χ0v) is 5.85. The van der Waals surface area contributed by atoms with E-state index in [0.717, 1.165) is 0 Å². The van der Waals surface area contributed by atoms with Gasteiger partial charge in [-0.2, -0.15) is 0 Å². The highest BCUT2D eigenvalue weighted by Crippen LogP contribution is 2.24. The predicted molar refractivity (Wildman–Crippen MR) is 30.4 cm³/mol. The molecule has 0 aliphatic carbocycles. The molecule has 0 aromatic heterocycles. The summed E-state index contributed by atoms with van der Waals surface area (Å²) in [4.78, 5) is 9.96. The molecule has 0 aliphatic heterocycles. The number of hydrogen-bond donors (Lipinski definition) is 1. The Bertz CT molecular complexity index is 153. The molecule has 0 spiro atoms. The van der Waals surface area contributed by atoms with Crippen LogP contribution in [0.3, 0.4) is 0 Å². The van der Waals surface area contributed by atoms with E-state index in [-0.39, 0.29) is 6.42 Å². The summed E-state index contributed by atoms with van der Waals surface area (Å²) in [6, 6.07) is 0. The lowest BCUT2D eigenvalue weighted by molar-refractivity contribution is -0.278. The summed E-state index contributed by atoms with van der Waals surface area (Å²) in [7, 11) is 0. The Balaban J connectivity index is 4.38. The molecule has 0 aromatic rings. The van der Waals surface area contributed by atoms with Gasteiger partial charge in [-0.25, -0.2) is 9.18 Å². The number of aliphatic carboxylic acids is 1. The van der Waals surface area contributed by atoms with E-state index in [0.29, 0.717) is 0 Å². The Morgan fingerprint density at radius 1 is 1.64 bits per heavy atom. The Morgan fingerprint density at radius 3 is 2.18 bits per heavy atom. The number of carbonyl (C=O) groups is 1. The van der Waals surface area contributed by atoms with Crippen LogP contribution < -0.4 is 0 Å². The van der Waals surface area contributed by atoms with Crippen molar-refractivity contribution in [3.63, 3.8) is 0 Å². The number of hydrogen-bond acceptors (Lipinski definition) is 2. The summed E-state index contributed by atoms with van der Waals surface area (Å²) in [5, 5.41) is 6.12. The minimum Gasteiger partial charge on any atom is -0.478 e. The molecule has 0 heterocycles. The fourth-order valence-corrected chi connectivity index (χ4v) is 0.595. The molecule has 0 aromatic carbocycles. The summed E-state index contributed by atoms with van der Waals surface area (Å²) in [6.45, 7) is 1.42. The lowest BCUT2D eigenvalue weighted by Gasteiger charge is -2.18. The van der Waals surface area contributed by atoms with E-state index in [1.54, 1.807) is 0 Å². The zero-order chi connectivity index (χ0) is 9.07. The number of rotatable bonds is 4. The summed E-state index contributed by atoms with van der Waals surface area (Å²) in [6.07, 6.45) is -0.692. The molecule has 0 unspecified atom stereocenters. The second-order valence-electron chi connectivity index (χ2n) is 2.05. The van der Waals surface area contributed by atoms with Gasteiger partial charge in [0.05, 0.1) is 5.34 Å². The van der Waals surface area contributed by atoms with Crippen LogP contribution >= 0.6 is 0 Å². The van der Waals surface area contributed by atoms with Crippen LogP contribution in [-0.2, 0) is 4.79 Å². The van der Waals surface area contributed by atoms with Gasteiger partial charge in [0.1, 0.15) is 0 Å². The van der Waals surface area contributed by atoms with Crippen molar-refractivity contribution in [2.24, 2.45) is 0 Å². The van der Waals surface area contributed by atoms with Crippen molar-refractivity contribution < 1.29 is 23.3 Å². The van der Waals surface area contributed by atoms with Crippen molar-refractivity contribution in [3.8, 4) is 0 Å². The molecule has 0 amide bonds. The highest BCUT2D eigenvalue weighted by molar-refractivity contribution is 5.76. The molecular formula is C5H8F3NO2. The van der Waals surface area contributed by atoms with Gasteiger partial charge in [-0.05, 0) is 0 Å².